The van der Waals surface area contributed by atoms with E-state index in [9.17, 15) is 19.5 Å². The number of nitrogens with one attached hydrogen (secondary N) is 2. The number of hydrogen-bond acceptors (Lipinski definition) is 4. The molecule has 0 aromatic heterocycles. The predicted octanol–water partition coefficient (Wildman–Crippen LogP) is 3.92. The largest absolute Gasteiger partial charge is 0.480 e. The van der Waals surface area contributed by atoms with E-state index in [1.807, 2.05) is 50.2 Å². The molecule has 1 aliphatic carbocycles. The number of benzene rings is 2. The molecule has 0 saturated carbocycles. The molecule has 0 spiro atoms. The van der Waals surface area contributed by atoms with Crippen LogP contribution >= 0.6 is 0 Å². The molecule has 32 heavy (non-hydrogen) atoms. The van der Waals surface area contributed by atoms with Crippen molar-refractivity contribution in [1.82, 2.24) is 10.6 Å². The van der Waals surface area contributed by atoms with Gasteiger partial charge in [-0.1, -0.05) is 62.4 Å². The van der Waals surface area contributed by atoms with Crippen molar-refractivity contribution in [2.75, 3.05) is 6.61 Å². The van der Waals surface area contributed by atoms with Gasteiger partial charge in [-0.25, -0.2) is 9.59 Å². The Morgan fingerprint density at radius 2 is 1.50 bits per heavy atom. The Labute approximate surface area is 188 Å². The van der Waals surface area contributed by atoms with Crippen LogP contribution in [0.4, 0.5) is 4.79 Å². The number of rotatable bonds is 9. The normalized spacial score (nSPS) is 14.2. The van der Waals surface area contributed by atoms with Gasteiger partial charge in [0, 0.05) is 18.4 Å². The highest BCUT2D eigenvalue weighted by Gasteiger charge is 2.29. The Bertz CT molecular complexity index is 942. The van der Waals surface area contributed by atoms with Gasteiger partial charge in [0.15, 0.2) is 0 Å². The van der Waals surface area contributed by atoms with E-state index >= 15 is 0 Å². The second kappa shape index (κ2) is 10.3. The summed E-state index contributed by atoms with van der Waals surface area (Å²) in [5, 5.41) is 14.4. The van der Waals surface area contributed by atoms with Gasteiger partial charge in [-0.2, -0.15) is 0 Å². The summed E-state index contributed by atoms with van der Waals surface area (Å²) in [5.74, 6) is -1.40. The zero-order valence-corrected chi connectivity index (χ0v) is 18.6. The molecule has 2 aromatic rings. The quantitative estimate of drug-likeness (QED) is 0.550. The lowest BCUT2D eigenvalue weighted by molar-refractivity contribution is -0.142. The van der Waals surface area contributed by atoms with Crippen molar-refractivity contribution in [2.45, 2.75) is 51.6 Å². The summed E-state index contributed by atoms with van der Waals surface area (Å²) >= 11 is 0. The average Bonchev–Trinajstić information content (AvgIpc) is 3.05. The van der Waals surface area contributed by atoms with Crippen LogP contribution in [0.15, 0.2) is 48.5 Å². The number of ether oxygens (including phenoxy) is 1. The third-order valence-electron chi connectivity index (χ3n) is 5.54. The van der Waals surface area contributed by atoms with Gasteiger partial charge in [-0.05, 0) is 41.5 Å². The molecule has 7 heteroatoms. The number of carboxylic acid groups (broad SMARTS) is 1. The maximum Gasteiger partial charge on any atom is 0.407 e. The van der Waals surface area contributed by atoms with E-state index in [0.717, 1.165) is 22.3 Å². The smallest absolute Gasteiger partial charge is 0.407 e. The van der Waals surface area contributed by atoms with Crippen molar-refractivity contribution in [2.24, 2.45) is 5.92 Å². The Kier molecular flexibility index (Phi) is 7.51. The first-order chi connectivity index (χ1) is 15.3. The van der Waals surface area contributed by atoms with Crippen LogP contribution in [0.3, 0.4) is 0 Å². The monoisotopic (exact) mass is 438 g/mol. The molecule has 2 aromatic carbocycles. The maximum absolute atomic E-state index is 12.3. The molecule has 7 nitrogen and oxygen atoms in total. The molecular weight excluding hydrogens is 408 g/mol. The van der Waals surface area contributed by atoms with E-state index in [0.29, 0.717) is 6.42 Å². The topological polar surface area (TPSA) is 105 Å². The van der Waals surface area contributed by atoms with Crippen LogP contribution in [0.5, 0.6) is 0 Å². The third-order valence-corrected chi connectivity index (χ3v) is 5.54. The molecular formula is C25H30N2O5. The SMILES string of the molecule is CC(C)CC(NC(=O)CC(C)NC(=O)OCC1c2ccccc2-c2ccccc21)C(=O)O. The summed E-state index contributed by atoms with van der Waals surface area (Å²) in [5.41, 5.74) is 4.55. The number of amides is 2. The number of alkyl carbamates (subject to hydrolysis) is 1. The zero-order valence-electron chi connectivity index (χ0n) is 18.6. The van der Waals surface area contributed by atoms with Gasteiger partial charge in [0.05, 0.1) is 0 Å². The molecule has 170 valence electrons. The van der Waals surface area contributed by atoms with Crippen molar-refractivity contribution in [3.05, 3.63) is 59.7 Å². The van der Waals surface area contributed by atoms with Gasteiger partial charge in [0.2, 0.25) is 5.91 Å². The van der Waals surface area contributed by atoms with E-state index in [1.165, 1.54) is 0 Å². The molecule has 0 bridgehead atoms. The van der Waals surface area contributed by atoms with Gasteiger partial charge >= 0.3 is 12.1 Å². The van der Waals surface area contributed by atoms with Crippen LogP contribution < -0.4 is 10.6 Å². The minimum atomic E-state index is -1.07. The van der Waals surface area contributed by atoms with E-state index in [4.69, 9.17) is 4.74 Å². The molecule has 1 aliphatic rings. The number of aliphatic carboxylic acids is 1. The minimum absolute atomic E-state index is 0.0356. The lowest BCUT2D eigenvalue weighted by Crippen LogP contribution is -2.44. The molecule has 2 amide bonds. The van der Waals surface area contributed by atoms with Crippen LogP contribution in [0.1, 0.15) is 50.7 Å². The Morgan fingerprint density at radius 3 is 2.03 bits per heavy atom. The Balaban J connectivity index is 1.52. The highest BCUT2D eigenvalue weighted by atomic mass is 16.5. The van der Waals surface area contributed by atoms with Gasteiger partial charge < -0.3 is 20.5 Å². The minimum Gasteiger partial charge on any atom is -0.480 e. The standard InChI is InChI=1S/C25H30N2O5/c1-15(2)12-22(24(29)30)27-23(28)13-16(3)26-25(31)32-14-21-19-10-6-4-8-17(19)18-9-5-7-11-20(18)21/h4-11,15-16,21-22H,12-14H2,1-3H3,(H,26,31)(H,27,28)(H,29,30). The fourth-order valence-corrected chi connectivity index (χ4v) is 4.12. The third kappa shape index (κ3) is 5.66. The molecule has 0 radical (unpaired) electrons. The maximum atomic E-state index is 12.3. The fourth-order valence-electron chi connectivity index (χ4n) is 4.12. The summed E-state index contributed by atoms with van der Waals surface area (Å²) in [4.78, 5) is 35.9. The summed E-state index contributed by atoms with van der Waals surface area (Å²) in [6, 6.07) is 14.7. The van der Waals surface area contributed by atoms with E-state index in [-0.39, 0.29) is 24.9 Å². The summed E-state index contributed by atoms with van der Waals surface area (Å²) < 4.78 is 5.49. The van der Waals surface area contributed by atoms with Crippen molar-refractivity contribution < 1.29 is 24.2 Å². The summed E-state index contributed by atoms with van der Waals surface area (Å²) in [6.07, 6.45) is -0.300. The van der Waals surface area contributed by atoms with Crippen molar-refractivity contribution in [1.29, 1.82) is 0 Å². The number of fused-ring (bicyclic) bond motifs is 3. The van der Waals surface area contributed by atoms with Gasteiger partial charge in [0.1, 0.15) is 12.6 Å². The molecule has 3 rings (SSSR count). The number of carbonyl (C=O) groups excluding carboxylic acids is 2. The lowest BCUT2D eigenvalue weighted by atomic mass is 9.98. The first-order valence-electron chi connectivity index (χ1n) is 10.9. The van der Waals surface area contributed by atoms with Gasteiger partial charge in [-0.3, -0.25) is 4.79 Å². The van der Waals surface area contributed by atoms with Gasteiger partial charge in [-0.15, -0.1) is 0 Å². The number of carboxylic acids is 1. The second-order valence-electron chi connectivity index (χ2n) is 8.66. The molecule has 3 N–H and O–H groups in total. The lowest BCUT2D eigenvalue weighted by Gasteiger charge is -2.19. The second-order valence-corrected chi connectivity index (χ2v) is 8.66. The van der Waals surface area contributed by atoms with Crippen LogP contribution in [0.2, 0.25) is 0 Å². The predicted molar refractivity (Wildman–Crippen MR) is 121 cm³/mol. The fraction of sp³-hybridized carbons (Fsp3) is 0.400. The molecule has 0 fully saturated rings. The van der Waals surface area contributed by atoms with Crippen molar-refractivity contribution in [3.63, 3.8) is 0 Å². The number of hydrogen-bond donors (Lipinski definition) is 3. The molecule has 2 atom stereocenters. The Morgan fingerprint density at radius 1 is 0.938 bits per heavy atom. The van der Waals surface area contributed by atoms with Gasteiger partial charge in [0.25, 0.3) is 0 Å². The molecule has 2 unspecified atom stereocenters. The molecule has 0 aliphatic heterocycles. The van der Waals surface area contributed by atoms with Crippen molar-refractivity contribution >= 4 is 18.0 Å². The number of carbonyl (C=O) groups is 3. The summed E-state index contributed by atoms with van der Waals surface area (Å²) in [6.45, 7) is 5.65. The van der Waals surface area contributed by atoms with Crippen LogP contribution in [-0.4, -0.2) is 41.8 Å². The van der Waals surface area contributed by atoms with Crippen LogP contribution in [0.25, 0.3) is 11.1 Å². The van der Waals surface area contributed by atoms with E-state index < -0.39 is 30.1 Å². The van der Waals surface area contributed by atoms with Crippen LogP contribution in [-0.2, 0) is 14.3 Å². The first kappa shape index (κ1) is 23.3. The first-order valence-corrected chi connectivity index (χ1v) is 10.9. The zero-order chi connectivity index (χ0) is 23.3. The van der Waals surface area contributed by atoms with Crippen LogP contribution in [0, 0.1) is 5.92 Å². The van der Waals surface area contributed by atoms with E-state index in [2.05, 4.69) is 22.8 Å². The van der Waals surface area contributed by atoms with Crippen molar-refractivity contribution in [3.8, 4) is 11.1 Å². The summed E-state index contributed by atoms with van der Waals surface area (Å²) in [7, 11) is 0. The molecule has 0 saturated heterocycles. The van der Waals surface area contributed by atoms with E-state index in [1.54, 1.807) is 6.92 Å². The Hall–Kier alpha value is -3.35. The highest BCUT2D eigenvalue weighted by Crippen LogP contribution is 2.44. The highest BCUT2D eigenvalue weighted by molar-refractivity contribution is 5.84. The molecule has 0 heterocycles. The average molecular weight is 439 g/mol.